The smallest absolute Gasteiger partial charge is 0.157 e. The van der Waals surface area contributed by atoms with Crippen molar-refractivity contribution >= 4 is 23.1 Å². The van der Waals surface area contributed by atoms with Crippen LogP contribution in [0.4, 0.5) is 11.5 Å². The Morgan fingerprint density at radius 3 is 2.42 bits per heavy atom. The second kappa shape index (κ2) is 7.50. The highest BCUT2D eigenvalue weighted by atomic mass is 35.5. The first-order valence-electron chi connectivity index (χ1n) is 6.70. The summed E-state index contributed by atoms with van der Waals surface area (Å²) in [4.78, 5) is 8.07. The standard InChI is InChI=1S/C13H23ClN4O/c1-4-6-13(19,7-5-2)8-16-12-10(15-3)11(14)17-9-18-12/h9,15,19H,4-8H2,1-3H3,(H,16,17,18). The lowest BCUT2D eigenvalue weighted by Crippen LogP contribution is -2.37. The monoisotopic (exact) mass is 286 g/mol. The van der Waals surface area contributed by atoms with Crippen LogP contribution in [0.25, 0.3) is 0 Å². The largest absolute Gasteiger partial charge is 0.388 e. The fraction of sp³-hybridized carbons (Fsp3) is 0.692. The van der Waals surface area contributed by atoms with E-state index in [4.69, 9.17) is 11.6 Å². The number of hydrogen-bond acceptors (Lipinski definition) is 5. The van der Waals surface area contributed by atoms with Crippen molar-refractivity contribution in [1.82, 2.24) is 9.97 Å². The zero-order valence-corrected chi connectivity index (χ0v) is 12.6. The van der Waals surface area contributed by atoms with Gasteiger partial charge in [-0.1, -0.05) is 38.3 Å². The Morgan fingerprint density at radius 2 is 1.89 bits per heavy atom. The second-order valence-corrected chi connectivity index (χ2v) is 5.07. The molecule has 0 atom stereocenters. The predicted octanol–water partition coefficient (Wildman–Crippen LogP) is 2.91. The zero-order chi connectivity index (χ0) is 14.3. The number of hydrogen-bond donors (Lipinski definition) is 3. The highest BCUT2D eigenvalue weighted by Crippen LogP contribution is 2.27. The highest BCUT2D eigenvalue weighted by Gasteiger charge is 2.25. The average Bonchev–Trinajstić information content (AvgIpc) is 2.37. The summed E-state index contributed by atoms with van der Waals surface area (Å²) in [6, 6.07) is 0. The van der Waals surface area contributed by atoms with E-state index in [-0.39, 0.29) is 0 Å². The van der Waals surface area contributed by atoms with Gasteiger partial charge in [-0.2, -0.15) is 0 Å². The number of aromatic nitrogens is 2. The van der Waals surface area contributed by atoms with Crippen LogP contribution in [0.3, 0.4) is 0 Å². The average molecular weight is 287 g/mol. The Labute approximate surface area is 119 Å². The molecule has 3 N–H and O–H groups in total. The molecule has 0 saturated carbocycles. The van der Waals surface area contributed by atoms with Crippen molar-refractivity contribution in [2.75, 3.05) is 24.2 Å². The normalized spacial score (nSPS) is 11.4. The molecular weight excluding hydrogens is 264 g/mol. The van der Waals surface area contributed by atoms with Gasteiger partial charge in [0, 0.05) is 13.6 Å². The summed E-state index contributed by atoms with van der Waals surface area (Å²) in [7, 11) is 1.76. The van der Waals surface area contributed by atoms with Gasteiger partial charge in [0.2, 0.25) is 0 Å². The summed E-state index contributed by atoms with van der Waals surface area (Å²) in [6.07, 6.45) is 4.83. The minimum absolute atomic E-state index is 0.370. The maximum Gasteiger partial charge on any atom is 0.157 e. The number of nitrogens with zero attached hydrogens (tertiary/aromatic N) is 2. The fourth-order valence-electron chi connectivity index (χ4n) is 2.20. The van der Waals surface area contributed by atoms with Crippen LogP contribution in [-0.2, 0) is 0 Å². The molecule has 1 heterocycles. The van der Waals surface area contributed by atoms with E-state index in [9.17, 15) is 5.11 Å². The van der Waals surface area contributed by atoms with Crippen LogP contribution in [0, 0.1) is 0 Å². The van der Waals surface area contributed by atoms with Crippen LogP contribution in [-0.4, -0.2) is 34.3 Å². The lowest BCUT2D eigenvalue weighted by atomic mass is 9.92. The van der Waals surface area contributed by atoms with Crippen LogP contribution in [0.2, 0.25) is 5.15 Å². The van der Waals surface area contributed by atoms with Crippen LogP contribution in [0.15, 0.2) is 6.33 Å². The van der Waals surface area contributed by atoms with E-state index in [0.29, 0.717) is 23.2 Å². The molecule has 0 saturated heterocycles. The Morgan fingerprint density at radius 1 is 1.26 bits per heavy atom. The second-order valence-electron chi connectivity index (χ2n) is 4.72. The molecule has 5 nitrogen and oxygen atoms in total. The first-order chi connectivity index (χ1) is 9.06. The molecular formula is C13H23ClN4O. The number of anilines is 2. The Kier molecular flexibility index (Phi) is 6.31. The van der Waals surface area contributed by atoms with Crippen molar-refractivity contribution in [3.05, 3.63) is 11.5 Å². The molecule has 1 aromatic heterocycles. The van der Waals surface area contributed by atoms with Gasteiger partial charge in [-0.15, -0.1) is 0 Å². The third-order valence-corrected chi connectivity index (χ3v) is 3.35. The molecule has 0 amide bonds. The third-order valence-electron chi connectivity index (χ3n) is 3.07. The summed E-state index contributed by atoms with van der Waals surface area (Å²) in [5.41, 5.74) is -0.0501. The molecule has 0 fully saturated rings. The summed E-state index contributed by atoms with van der Waals surface area (Å²) < 4.78 is 0. The molecule has 0 aliphatic heterocycles. The summed E-state index contributed by atoms with van der Waals surface area (Å²) in [5.74, 6) is 0.619. The van der Waals surface area contributed by atoms with E-state index in [1.807, 2.05) is 0 Å². The van der Waals surface area contributed by atoms with Crippen molar-refractivity contribution in [2.24, 2.45) is 0 Å². The minimum atomic E-state index is -0.702. The molecule has 0 spiro atoms. The van der Waals surface area contributed by atoms with Crippen molar-refractivity contribution in [3.8, 4) is 0 Å². The predicted molar refractivity (Wildman–Crippen MR) is 79.8 cm³/mol. The van der Waals surface area contributed by atoms with Gasteiger partial charge >= 0.3 is 0 Å². The van der Waals surface area contributed by atoms with Gasteiger partial charge in [-0.25, -0.2) is 9.97 Å². The van der Waals surface area contributed by atoms with Crippen LogP contribution in [0.5, 0.6) is 0 Å². The van der Waals surface area contributed by atoms with Crippen molar-refractivity contribution < 1.29 is 5.11 Å². The lowest BCUT2D eigenvalue weighted by Gasteiger charge is -2.28. The van der Waals surface area contributed by atoms with Gasteiger partial charge in [-0.3, -0.25) is 0 Å². The summed E-state index contributed by atoms with van der Waals surface area (Å²) >= 11 is 5.99. The Balaban J connectivity index is 2.76. The SMILES string of the molecule is CCCC(O)(CCC)CNc1ncnc(Cl)c1NC. The Hall–Kier alpha value is -1.07. The van der Waals surface area contributed by atoms with Gasteiger partial charge in [0.15, 0.2) is 11.0 Å². The topological polar surface area (TPSA) is 70.1 Å². The molecule has 0 radical (unpaired) electrons. The molecule has 0 aliphatic carbocycles. The van der Waals surface area contributed by atoms with Gasteiger partial charge in [-0.05, 0) is 12.8 Å². The van der Waals surface area contributed by atoms with E-state index in [1.54, 1.807) is 7.05 Å². The maximum absolute atomic E-state index is 10.5. The number of halogens is 1. The van der Waals surface area contributed by atoms with Crippen molar-refractivity contribution in [3.63, 3.8) is 0 Å². The molecule has 0 aliphatic rings. The van der Waals surface area contributed by atoms with Crippen LogP contribution < -0.4 is 10.6 Å². The van der Waals surface area contributed by atoms with E-state index in [0.717, 1.165) is 25.7 Å². The van der Waals surface area contributed by atoms with E-state index < -0.39 is 5.60 Å². The first-order valence-corrected chi connectivity index (χ1v) is 7.08. The van der Waals surface area contributed by atoms with Crippen LogP contribution in [0.1, 0.15) is 39.5 Å². The molecule has 1 rings (SSSR count). The van der Waals surface area contributed by atoms with Gasteiger partial charge < -0.3 is 15.7 Å². The molecule has 1 aromatic rings. The highest BCUT2D eigenvalue weighted by molar-refractivity contribution is 6.32. The fourth-order valence-corrected chi connectivity index (χ4v) is 2.43. The first kappa shape index (κ1) is 16.0. The van der Waals surface area contributed by atoms with Crippen molar-refractivity contribution in [1.29, 1.82) is 0 Å². The zero-order valence-electron chi connectivity index (χ0n) is 11.8. The summed E-state index contributed by atoms with van der Waals surface area (Å²) in [5, 5.41) is 17.0. The number of nitrogens with one attached hydrogen (secondary N) is 2. The van der Waals surface area contributed by atoms with E-state index in [2.05, 4.69) is 34.4 Å². The maximum atomic E-state index is 10.5. The third kappa shape index (κ3) is 4.51. The quantitative estimate of drug-likeness (QED) is 0.641. The van der Waals surface area contributed by atoms with E-state index >= 15 is 0 Å². The minimum Gasteiger partial charge on any atom is -0.388 e. The van der Waals surface area contributed by atoms with Gasteiger partial charge in [0.25, 0.3) is 0 Å². The Bertz CT molecular complexity index is 394. The molecule has 0 unspecified atom stereocenters. The van der Waals surface area contributed by atoms with E-state index in [1.165, 1.54) is 6.33 Å². The number of rotatable bonds is 8. The summed E-state index contributed by atoms with van der Waals surface area (Å²) in [6.45, 7) is 4.60. The number of aliphatic hydroxyl groups is 1. The molecule has 6 heteroatoms. The lowest BCUT2D eigenvalue weighted by molar-refractivity contribution is 0.0343. The molecule has 0 aromatic carbocycles. The van der Waals surface area contributed by atoms with Gasteiger partial charge in [0.05, 0.1) is 5.60 Å². The molecule has 19 heavy (non-hydrogen) atoms. The molecule has 108 valence electrons. The van der Waals surface area contributed by atoms with Gasteiger partial charge in [0.1, 0.15) is 12.0 Å². The van der Waals surface area contributed by atoms with Crippen molar-refractivity contribution in [2.45, 2.75) is 45.1 Å². The molecule has 0 bridgehead atoms. The van der Waals surface area contributed by atoms with Crippen LogP contribution >= 0.6 is 11.6 Å².